The van der Waals surface area contributed by atoms with E-state index < -0.39 is 10.0 Å². The van der Waals surface area contributed by atoms with Gasteiger partial charge in [-0.2, -0.15) is 0 Å². The minimum Gasteiger partial charge on any atom is -0.247 e. The molecule has 1 aromatic heterocycles. The third kappa shape index (κ3) is 2.34. The lowest BCUT2D eigenvalue weighted by molar-refractivity contribution is 0.587. The Bertz CT molecular complexity index is 662. The third-order valence-electron chi connectivity index (χ3n) is 2.27. The van der Waals surface area contributed by atoms with Crippen LogP contribution in [0.15, 0.2) is 41.6 Å². The lowest BCUT2D eigenvalue weighted by Gasteiger charge is -2.07. The Morgan fingerprint density at radius 1 is 1.18 bits per heavy atom. The maximum absolute atomic E-state index is 12.2. The van der Waals surface area contributed by atoms with Crippen molar-refractivity contribution < 1.29 is 8.42 Å². The van der Waals surface area contributed by atoms with Gasteiger partial charge >= 0.3 is 0 Å². The highest BCUT2D eigenvalue weighted by atomic mass is 35.5. The quantitative estimate of drug-likeness (QED) is 0.851. The Balaban J connectivity index is 2.60. The first-order chi connectivity index (χ1) is 7.91. The van der Waals surface area contributed by atoms with E-state index in [0.717, 1.165) is 9.54 Å². The molecule has 0 spiro atoms. The number of benzene rings is 1. The summed E-state index contributed by atoms with van der Waals surface area (Å²) in [5.74, 6) is 0. The zero-order valence-electron chi connectivity index (χ0n) is 8.89. The van der Waals surface area contributed by atoms with Crippen LogP contribution in [0.2, 0.25) is 10.0 Å². The molecule has 0 unspecified atom stereocenters. The van der Waals surface area contributed by atoms with E-state index in [1.807, 2.05) is 6.92 Å². The highest BCUT2D eigenvalue weighted by Crippen LogP contribution is 2.25. The monoisotopic (exact) mass is 289 g/mol. The number of hydrogen-bond acceptors (Lipinski definition) is 2. The van der Waals surface area contributed by atoms with Crippen molar-refractivity contribution in [3.05, 3.63) is 52.3 Å². The Kier molecular flexibility index (Phi) is 3.21. The van der Waals surface area contributed by atoms with Crippen molar-refractivity contribution in [2.24, 2.45) is 0 Å². The largest absolute Gasteiger partial charge is 0.269 e. The topological polar surface area (TPSA) is 39.1 Å². The van der Waals surface area contributed by atoms with Gasteiger partial charge in [0, 0.05) is 12.4 Å². The maximum atomic E-state index is 12.2. The van der Waals surface area contributed by atoms with Crippen LogP contribution in [0, 0.1) is 6.92 Å². The molecule has 0 aliphatic heterocycles. The zero-order valence-corrected chi connectivity index (χ0v) is 11.2. The van der Waals surface area contributed by atoms with Gasteiger partial charge in [0.1, 0.15) is 4.90 Å². The Labute approximate surface area is 110 Å². The SMILES string of the molecule is Cc1ccc(S(=O)(=O)n2ccc(Cl)c2)c(Cl)c1. The van der Waals surface area contributed by atoms with Gasteiger partial charge in [0.05, 0.1) is 10.0 Å². The van der Waals surface area contributed by atoms with Crippen LogP contribution in [0.4, 0.5) is 0 Å². The summed E-state index contributed by atoms with van der Waals surface area (Å²) in [7, 11) is -3.67. The Morgan fingerprint density at radius 3 is 2.41 bits per heavy atom. The molecule has 17 heavy (non-hydrogen) atoms. The second-order valence-corrected chi connectivity index (χ2v) is 6.25. The lowest BCUT2D eigenvalue weighted by Crippen LogP contribution is -2.11. The van der Waals surface area contributed by atoms with Crippen molar-refractivity contribution in [3.8, 4) is 0 Å². The number of nitrogens with zero attached hydrogens (tertiary/aromatic N) is 1. The fraction of sp³-hybridized carbons (Fsp3) is 0.0909. The van der Waals surface area contributed by atoms with Gasteiger partial charge in [-0.05, 0) is 30.7 Å². The molecule has 0 atom stereocenters. The molecule has 3 nitrogen and oxygen atoms in total. The molecule has 0 aliphatic carbocycles. The van der Waals surface area contributed by atoms with Crippen LogP contribution in [0.5, 0.6) is 0 Å². The van der Waals surface area contributed by atoms with E-state index in [2.05, 4.69) is 0 Å². The molecule has 0 N–H and O–H groups in total. The summed E-state index contributed by atoms with van der Waals surface area (Å²) in [4.78, 5) is 0.0667. The van der Waals surface area contributed by atoms with E-state index in [1.165, 1.54) is 24.5 Å². The number of aromatic nitrogens is 1. The van der Waals surface area contributed by atoms with Crippen LogP contribution < -0.4 is 0 Å². The second-order valence-electron chi connectivity index (χ2n) is 3.60. The molecule has 2 rings (SSSR count). The van der Waals surface area contributed by atoms with Crippen LogP contribution in [0.3, 0.4) is 0 Å². The molecule has 1 heterocycles. The summed E-state index contributed by atoms with van der Waals surface area (Å²) >= 11 is 11.6. The average molecular weight is 290 g/mol. The van der Waals surface area contributed by atoms with Gasteiger partial charge in [0.25, 0.3) is 10.0 Å². The molecule has 90 valence electrons. The highest BCUT2D eigenvalue weighted by molar-refractivity contribution is 7.90. The van der Waals surface area contributed by atoms with Gasteiger partial charge in [-0.15, -0.1) is 0 Å². The molecule has 0 amide bonds. The minimum atomic E-state index is -3.67. The third-order valence-corrected chi connectivity index (χ3v) is 4.62. The summed E-state index contributed by atoms with van der Waals surface area (Å²) in [5, 5.41) is 0.562. The zero-order chi connectivity index (χ0) is 12.6. The summed E-state index contributed by atoms with van der Waals surface area (Å²) in [6, 6.07) is 6.30. The highest BCUT2D eigenvalue weighted by Gasteiger charge is 2.19. The van der Waals surface area contributed by atoms with Gasteiger partial charge in [0.2, 0.25) is 0 Å². The molecule has 0 bridgehead atoms. The van der Waals surface area contributed by atoms with E-state index in [0.29, 0.717) is 5.02 Å². The van der Waals surface area contributed by atoms with Crippen LogP contribution >= 0.6 is 23.2 Å². The van der Waals surface area contributed by atoms with Crippen LogP contribution in [-0.4, -0.2) is 12.4 Å². The molecular weight excluding hydrogens is 281 g/mol. The predicted octanol–water partition coefficient (Wildman–Crippen LogP) is 3.34. The summed E-state index contributed by atoms with van der Waals surface area (Å²) in [6.07, 6.45) is 2.71. The van der Waals surface area contributed by atoms with Crippen LogP contribution in [-0.2, 0) is 10.0 Å². The molecule has 2 aromatic rings. The predicted molar refractivity (Wildman–Crippen MR) is 68.2 cm³/mol. The van der Waals surface area contributed by atoms with Crippen LogP contribution in [0.1, 0.15) is 5.56 Å². The second kappa shape index (κ2) is 4.37. The van der Waals surface area contributed by atoms with Gasteiger partial charge in [-0.1, -0.05) is 29.3 Å². The first kappa shape index (κ1) is 12.5. The number of rotatable bonds is 2. The Hall–Kier alpha value is -0.970. The van der Waals surface area contributed by atoms with E-state index in [-0.39, 0.29) is 9.92 Å². The standard InChI is InChI=1S/C11H9Cl2NO2S/c1-8-2-3-11(10(13)6-8)17(15,16)14-5-4-9(12)7-14/h2-7H,1H3. The number of halogens is 2. The molecule has 0 saturated carbocycles. The lowest BCUT2D eigenvalue weighted by atomic mass is 10.2. The molecule has 0 fully saturated rings. The van der Waals surface area contributed by atoms with Crippen LogP contribution in [0.25, 0.3) is 0 Å². The number of hydrogen-bond donors (Lipinski definition) is 0. The fourth-order valence-electron chi connectivity index (χ4n) is 1.43. The van der Waals surface area contributed by atoms with E-state index in [4.69, 9.17) is 23.2 Å². The van der Waals surface area contributed by atoms with Crippen molar-refractivity contribution in [2.45, 2.75) is 11.8 Å². The van der Waals surface area contributed by atoms with E-state index in [9.17, 15) is 8.42 Å². The molecular formula is C11H9Cl2NO2S. The average Bonchev–Trinajstić information content (AvgIpc) is 2.64. The van der Waals surface area contributed by atoms with Gasteiger partial charge in [-0.3, -0.25) is 0 Å². The molecule has 0 radical (unpaired) electrons. The van der Waals surface area contributed by atoms with Crippen molar-refractivity contribution in [1.82, 2.24) is 3.97 Å². The van der Waals surface area contributed by atoms with E-state index in [1.54, 1.807) is 12.1 Å². The first-order valence-electron chi connectivity index (χ1n) is 4.76. The summed E-state index contributed by atoms with van der Waals surface area (Å²) < 4.78 is 25.4. The fourth-order valence-corrected chi connectivity index (χ4v) is 3.42. The minimum absolute atomic E-state index is 0.0667. The number of aryl methyl sites for hydroxylation is 1. The normalized spacial score (nSPS) is 11.7. The van der Waals surface area contributed by atoms with Crippen molar-refractivity contribution in [1.29, 1.82) is 0 Å². The summed E-state index contributed by atoms with van der Waals surface area (Å²) in [6.45, 7) is 1.84. The van der Waals surface area contributed by atoms with E-state index >= 15 is 0 Å². The van der Waals surface area contributed by atoms with Crippen molar-refractivity contribution >= 4 is 33.2 Å². The molecule has 6 heteroatoms. The molecule has 0 saturated heterocycles. The summed E-state index contributed by atoms with van der Waals surface area (Å²) in [5.41, 5.74) is 0.902. The van der Waals surface area contributed by atoms with Gasteiger partial charge in [-0.25, -0.2) is 12.4 Å². The van der Waals surface area contributed by atoms with Gasteiger partial charge < -0.3 is 0 Å². The Morgan fingerprint density at radius 2 is 1.88 bits per heavy atom. The molecule has 1 aromatic carbocycles. The van der Waals surface area contributed by atoms with Crippen molar-refractivity contribution in [3.63, 3.8) is 0 Å². The smallest absolute Gasteiger partial charge is 0.247 e. The maximum Gasteiger partial charge on any atom is 0.269 e. The van der Waals surface area contributed by atoms with Gasteiger partial charge in [0.15, 0.2) is 0 Å². The molecule has 0 aliphatic rings. The van der Waals surface area contributed by atoms with Crippen molar-refractivity contribution in [2.75, 3.05) is 0 Å². The first-order valence-corrected chi connectivity index (χ1v) is 6.96.